The molecule has 5 nitrogen and oxygen atoms in total. The third-order valence-electron chi connectivity index (χ3n) is 1.61. The molecule has 0 atom stereocenters. The molecule has 0 aliphatic carbocycles. The summed E-state index contributed by atoms with van der Waals surface area (Å²) in [7, 11) is 1.79. The van der Waals surface area contributed by atoms with Gasteiger partial charge in [0.15, 0.2) is 0 Å². The molecule has 0 aliphatic rings. The highest BCUT2D eigenvalue weighted by Crippen LogP contribution is 2.02. The minimum absolute atomic E-state index is 0.186. The lowest BCUT2D eigenvalue weighted by atomic mass is 10.4. The zero-order valence-corrected chi connectivity index (χ0v) is 7.32. The number of hydrogen-bond donors (Lipinski definition) is 1. The van der Waals surface area contributed by atoms with E-state index in [9.17, 15) is 4.79 Å². The van der Waals surface area contributed by atoms with E-state index in [4.69, 9.17) is 5.26 Å². The molecule has 1 rings (SSSR count). The van der Waals surface area contributed by atoms with Gasteiger partial charge in [-0.25, -0.2) is 4.98 Å². The van der Waals surface area contributed by atoms with Crippen LogP contribution in [0.15, 0.2) is 17.2 Å². The minimum atomic E-state index is -0.186. The molecule has 0 bridgehead atoms. The van der Waals surface area contributed by atoms with E-state index in [2.05, 4.69) is 9.97 Å². The van der Waals surface area contributed by atoms with Gasteiger partial charge in [-0.05, 0) is 0 Å². The van der Waals surface area contributed by atoms with Crippen molar-refractivity contribution in [3.63, 3.8) is 0 Å². The van der Waals surface area contributed by atoms with E-state index in [0.29, 0.717) is 18.8 Å². The largest absolute Gasteiger partial charge is 0.358 e. The second-order valence-corrected chi connectivity index (χ2v) is 2.60. The Bertz CT molecular complexity index is 365. The summed E-state index contributed by atoms with van der Waals surface area (Å²) >= 11 is 0. The van der Waals surface area contributed by atoms with Crippen LogP contribution in [0.25, 0.3) is 0 Å². The maximum Gasteiger partial charge on any atom is 0.252 e. The summed E-state index contributed by atoms with van der Waals surface area (Å²) in [6.45, 7) is 0.576. The van der Waals surface area contributed by atoms with Crippen LogP contribution in [0.1, 0.15) is 6.42 Å². The highest BCUT2D eigenvalue weighted by atomic mass is 16.1. The molecule has 0 unspecified atom stereocenters. The van der Waals surface area contributed by atoms with Crippen LogP contribution in [0.2, 0.25) is 0 Å². The van der Waals surface area contributed by atoms with E-state index in [0.717, 1.165) is 0 Å². The maximum atomic E-state index is 10.9. The SMILES string of the molecule is CN(CCC#N)c1cc(=O)[nH]cn1. The van der Waals surface area contributed by atoms with Gasteiger partial charge in [-0.3, -0.25) is 4.79 Å². The molecule has 0 fully saturated rings. The number of hydrogen-bond acceptors (Lipinski definition) is 4. The number of H-pyrrole nitrogens is 1. The van der Waals surface area contributed by atoms with Crippen LogP contribution in [-0.2, 0) is 0 Å². The number of nitriles is 1. The molecular weight excluding hydrogens is 168 g/mol. The Morgan fingerprint density at radius 2 is 2.54 bits per heavy atom. The van der Waals surface area contributed by atoms with Crippen molar-refractivity contribution in [3.8, 4) is 6.07 Å². The van der Waals surface area contributed by atoms with Crippen molar-refractivity contribution in [2.24, 2.45) is 0 Å². The highest BCUT2D eigenvalue weighted by Gasteiger charge is 2.00. The molecule has 1 aromatic rings. The maximum absolute atomic E-state index is 10.9. The zero-order chi connectivity index (χ0) is 9.68. The molecule has 0 aliphatic heterocycles. The summed E-state index contributed by atoms with van der Waals surface area (Å²) in [4.78, 5) is 19.0. The first kappa shape index (κ1) is 9.26. The average molecular weight is 178 g/mol. The number of nitrogens with zero attached hydrogens (tertiary/aromatic N) is 3. The Balaban J connectivity index is 2.72. The van der Waals surface area contributed by atoms with Crippen molar-refractivity contribution >= 4 is 5.82 Å². The van der Waals surface area contributed by atoms with Gasteiger partial charge in [-0.15, -0.1) is 0 Å². The molecule has 1 aromatic heterocycles. The van der Waals surface area contributed by atoms with Crippen LogP contribution in [-0.4, -0.2) is 23.6 Å². The lowest BCUT2D eigenvalue weighted by Gasteiger charge is -2.14. The van der Waals surface area contributed by atoms with Gasteiger partial charge in [0.2, 0.25) is 0 Å². The first-order valence-electron chi connectivity index (χ1n) is 3.87. The van der Waals surface area contributed by atoms with Crippen molar-refractivity contribution in [2.45, 2.75) is 6.42 Å². The fourth-order valence-electron chi connectivity index (χ4n) is 0.899. The first-order chi connectivity index (χ1) is 6.24. The Morgan fingerprint density at radius 1 is 1.77 bits per heavy atom. The van der Waals surface area contributed by atoms with E-state index in [1.54, 1.807) is 11.9 Å². The summed E-state index contributed by atoms with van der Waals surface area (Å²) in [5.41, 5.74) is -0.186. The summed E-state index contributed by atoms with van der Waals surface area (Å²) in [6.07, 6.45) is 1.77. The van der Waals surface area contributed by atoms with Crippen molar-refractivity contribution in [2.75, 3.05) is 18.5 Å². The van der Waals surface area contributed by atoms with Crippen LogP contribution in [0.4, 0.5) is 5.82 Å². The van der Waals surface area contributed by atoms with Crippen LogP contribution < -0.4 is 10.5 Å². The zero-order valence-electron chi connectivity index (χ0n) is 7.32. The number of rotatable bonds is 3. The molecule has 5 heteroatoms. The molecule has 0 saturated carbocycles. The standard InChI is InChI=1S/C8H10N4O/c1-12(4-2-3-9)7-5-8(13)11-6-10-7/h5-6H,2,4H2,1H3,(H,10,11,13). The minimum Gasteiger partial charge on any atom is -0.358 e. The smallest absolute Gasteiger partial charge is 0.252 e. The average Bonchev–Trinajstić information content (AvgIpc) is 2.14. The van der Waals surface area contributed by atoms with Crippen molar-refractivity contribution in [3.05, 3.63) is 22.7 Å². The van der Waals surface area contributed by atoms with Gasteiger partial charge >= 0.3 is 0 Å². The topological polar surface area (TPSA) is 72.8 Å². The molecule has 13 heavy (non-hydrogen) atoms. The van der Waals surface area contributed by atoms with Crippen molar-refractivity contribution in [1.29, 1.82) is 5.26 Å². The Kier molecular flexibility index (Phi) is 3.03. The van der Waals surface area contributed by atoms with Gasteiger partial charge in [0.05, 0.1) is 18.8 Å². The summed E-state index contributed by atoms with van der Waals surface area (Å²) in [6, 6.07) is 3.43. The Hall–Kier alpha value is -1.83. The number of aromatic nitrogens is 2. The van der Waals surface area contributed by atoms with Crippen LogP contribution in [0.3, 0.4) is 0 Å². The molecule has 0 aromatic carbocycles. The molecule has 1 N–H and O–H groups in total. The summed E-state index contributed by atoms with van der Waals surface area (Å²) in [5.74, 6) is 0.582. The number of nitrogens with one attached hydrogen (secondary N) is 1. The number of aromatic amines is 1. The van der Waals surface area contributed by atoms with Crippen LogP contribution >= 0.6 is 0 Å². The van der Waals surface area contributed by atoms with Gasteiger partial charge in [-0.2, -0.15) is 5.26 Å². The van der Waals surface area contributed by atoms with Gasteiger partial charge in [0, 0.05) is 19.7 Å². The van der Waals surface area contributed by atoms with Crippen LogP contribution in [0, 0.1) is 11.3 Å². The molecular formula is C8H10N4O. The second-order valence-electron chi connectivity index (χ2n) is 2.60. The third-order valence-corrected chi connectivity index (χ3v) is 1.61. The molecule has 1 heterocycles. The van der Waals surface area contributed by atoms with E-state index < -0.39 is 0 Å². The lowest BCUT2D eigenvalue weighted by molar-refractivity contribution is 0.876. The predicted octanol–water partition coefficient (Wildman–Crippen LogP) is 0.120. The first-order valence-corrected chi connectivity index (χ1v) is 3.87. The molecule has 0 radical (unpaired) electrons. The van der Waals surface area contributed by atoms with Crippen molar-refractivity contribution in [1.82, 2.24) is 9.97 Å². The monoisotopic (exact) mass is 178 g/mol. The van der Waals surface area contributed by atoms with Crippen molar-refractivity contribution < 1.29 is 0 Å². The molecule has 0 saturated heterocycles. The van der Waals surface area contributed by atoms with E-state index in [1.165, 1.54) is 12.4 Å². The predicted molar refractivity (Wildman–Crippen MR) is 48.4 cm³/mol. The van der Waals surface area contributed by atoms with E-state index in [1.807, 2.05) is 6.07 Å². The highest BCUT2D eigenvalue weighted by molar-refractivity contribution is 5.34. The van der Waals surface area contributed by atoms with Gasteiger partial charge in [0.1, 0.15) is 5.82 Å². The molecule has 68 valence electrons. The summed E-state index contributed by atoms with van der Waals surface area (Å²) in [5, 5.41) is 8.35. The van der Waals surface area contributed by atoms with Gasteiger partial charge < -0.3 is 9.88 Å². The lowest BCUT2D eigenvalue weighted by Crippen LogP contribution is -2.21. The molecule has 0 amide bonds. The van der Waals surface area contributed by atoms with Crippen LogP contribution in [0.5, 0.6) is 0 Å². The molecule has 0 spiro atoms. The van der Waals surface area contributed by atoms with Gasteiger partial charge in [0.25, 0.3) is 5.56 Å². The van der Waals surface area contributed by atoms with E-state index in [-0.39, 0.29) is 5.56 Å². The quantitative estimate of drug-likeness (QED) is 0.713. The second kappa shape index (κ2) is 4.26. The van der Waals surface area contributed by atoms with E-state index >= 15 is 0 Å². The number of anilines is 1. The fourth-order valence-corrected chi connectivity index (χ4v) is 0.899. The fraction of sp³-hybridized carbons (Fsp3) is 0.375. The van der Waals surface area contributed by atoms with Gasteiger partial charge in [-0.1, -0.05) is 0 Å². The Labute approximate surface area is 75.6 Å². The normalized spacial score (nSPS) is 9.23. The third kappa shape index (κ3) is 2.60. The summed E-state index contributed by atoms with van der Waals surface area (Å²) < 4.78 is 0. The Morgan fingerprint density at radius 3 is 3.15 bits per heavy atom.